The molecule has 1 atom stereocenters. The molecule has 3 rings (SSSR count). The Balaban J connectivity index is 1.97. The predicted octanol–water partition coefficient (Wildman–Crippen LogP) is 3.06. The highest BCUT2D eigenvalue weighted by Gasteiger charge is 2.49. The third kappa shape index (κ3) is 2.56. The van der Waals surface area contributed by atoms with E-state index >= 15 is 0 Å². The van der Waals surface area contributed by atoms with Crippen molar-refractivity contribution in [2.24, 2.45) is 11.1 Å². The third-order valence-electron chi connectivity index (χ3n) is 4.74. The lowest BCUT2D eigenvalue weighted by Crippen LogP contribution is -2.48. The van der Waals surface area contributed by atoms with Gasteiger partial charge >= 0.3 is 0 Å². The van der Waals surface area contributed by atoms with Gasteiger partial charge in [-0.2, -0.15) is 0 Å². The highest BCUT2D eigenvalue weighted by molar-refractivity contribution is 5.83. The van der Waals surface area contributed by atoms with Crippen LogP contribution in [0.2, 0.25) is 0 Å². The van der Waals surface area contributed by atoms with E-state index in [4.69, 9.17) is 5.73 Å². The topological polar surface area (TPSA) is 56.0 Å². The molecule has 1 fully saturated rings. The maximum atomic E-state index is 12.1. The fourth-order valence-corrected chi connectivity index (χ4v) is 3.37. The second-order valence-corrected chi connectivity index (χ2v) is 5.86. The molecule has 0 spiro atoms. The first-order valence-corrected chi connectivity index (χ1v) is 7.47. The van der Waals surface area contributed by atoms with Gasteiger partial charge in [-0.25, -0.2) is 0 Å². The lowest BCUT2D eigenvalue weighted by molar-refractivity contribution is -0.134. The van der Waals surface area contributed by atoms with Crippen LogP contribution in [0.3, 0.4) is 0 Å². The summed E-state index contributed by atoms with van der Waals surface area (Å²) in [6, 6.07) is 16.1. The number of carbonyl (C=O) groups is 1. The number of nitrogens with two attached hydrogens (primary N) is 1. The predicted molar refractivity (Wildman–Crippen MR) is 82.6 cm³/mol. The molecule has 1 unspecified atom stereocenters. The second-order valence-electron chi connectivity index (χ2n) is 5.86. The molecule has 0 aliphatic heterocycles. The van der Waals surface area contributed by atoms with E-state index in [1.165, 1.54) is 5.56 Å². The van der Waals surface area contributed by atoms with Crippen LogP contribution >= 0.6 is 0 Å². The van der Waals surface area contributed by atoms with Crippen LogP contribution in [0, 0.1) is 5.41 Å². The van der Waals surface area contributed by atoms with E-state index in [1.807, 2.05) is 36.4 Å². The number of carbonyl (C=O) groups excluding carboxylic acids is 1. The SMILES string of the molecule is NC(=O)C1(C(Cc2ccccn2)c2ccccc2)CCC1. The van der Waals surface area contributed by atoms with Gasteiger partial charge in [-0.05, 0) is 37.0 Å². The van der Waals surface area contributed by atoms with Crippen LogP contribution in [0.15, 0.2) is 54.7 Å². The van der Waals surface area contributed by atoms with Crippen LogP contribution in [0.4, 0.5) is 0 Å². The second kappa shape index (κ2) is 5.68. The van der Waals surface area contributed by atoms with Crippen molar-refractivity contribution in [3.8, 4) is 0 Å². The number of hydrogen-bond acceptors (Lipinski definition) is 2. The monoisotopic (exact) mass is 280 g/mol. The molecule has 1 aliphatic carbocycles. The Hall–Kier alpha value is -2.16. The number of aromatic nitrogens is 1. The van der Waals surface area contributed by atoms with Gasteiger partial charge in [0.25, 0.3) is 0 Å². The van der Waals surface area contributed by atoms with Gasteiger partial charge in [0.05, 0.1) is 5.41 Å². The minimum Gasteiger partial charge on any atom is -0.369 e. The van der Waals surface area contributed by atoms with Gasteiger partial charge in [-0.1, -0.05) is 42.8 Å². The Morgan fingerprint density at radius 1 is 1.14 bits per heavy atom. The summed E-state index contributed by atoms with van der Waals surface area (Å²) >= 11 is 0. The largest absolute Gasteiger partial charge is 0.369 e. The molecule has 0 saturated heterocycles. The van der Waals surface area contributed by atoms with E-state index in [0.717, 1.165) is 31.4 Å². The maximum Gasteiger partial charge on any atom is 0.224 e. The van der Waals surface area contributed by atoms with Gasteiger partial charge in [0.2, 0.25) is 5.91 Å². The molecule has 1 heterocycles. The fraction of sp³-hybridized carbons (Fsp3) is 0.333. The Kier molecular flexibility index (Phi) is 3.74. The number of pyridine rings is 1. The van der Waals surface area contributed by atoms with Gasteiger partial charge in [0.15, 0.2) is 0 Å². The molecule has 1 aromatic heterocycles. The highest BCUT2D eigenvalue weighted by atomic mass is 16.1. The average molecular weight is 280 g/mol. The molecule has 108 valence electrons. The zero-order chi connectivity index (χ0) is 14.7. The molecule has 21 heavy (non-hydrogen) atoms. The van der Waals surface area contributed by atoms with Crippen molar-refractivity contribution >= 4 is 5.91 Å². The molecule has 0 radical (unpaired) electrons. The molecule has 3 heteroatoms. The van der Waals surface area contributed by atoms with Crippen LogP contribution < -0.4 is 5.73 Å². The lowest BCUT2D eigenvalue weighted by Gasteiger charge is -2.45. The molecule has 0 bridgehead atoms. The Bertz CT molecular complexity index is 606. The Morgan fingerprint density at radius 2 is 1.86 bits per heavy atom. The molecule has 2 aromatic rings. The van der Waals surface area contributed by atoms with Crippen LogP contribution in [-0.4, -0.2) is 10.9 Å². The van der Waals surface area contributed by atoms with Gasteiger partial charge in [0.1, 0.15) is 0 Å². The van der Waals surface area contributed by atoms with Crippen molar-refractivity contribution in [2.75, 3.05) is 0 Å². The molecule has 1 aromatic carbocycles. The van der Waals surface area contributed by atoms with Crippen molar-refractivity contribution in [3.63, 3.8) is 0 Å². The number of rotatable bonds is 5. The molecule has 1 saturated carbocycles. The summed E-state index contributed by atoms with van der Waals surface area (Å²) in [4.78, 5) is 16.5. The maximum absolute atomic E-state index is 12.1. The average Bonchev–Trinajstić information content (AvgIpc) is 2.47. The Labute approximate surface area is 125 Å². The van der Waals surface area contributed by atoms with E-state index in [1.54, 1.807) is 6.20 Å². The van der Waals surface area contributed by atoms with Crippen molar-refractivity contribution in [2.45, 2.75) is 31.6 Å². The summed E-state index contributed by atoms with van der Waals surface area (Å²) in [7, 11) is 0. The first-order chi connectivity index (χ1) is 10.2. The Morgan fingerprint density at radius 3 is 2.38 bits per heavy atom. The zero-order valence-corrected chi connectivity index (χ0v) is 12.0. The summed E-state index contributed by atoms with van der Waals surface area (Å²) in [5.41, 5.74) is 7.56. The van der Waals surface area contributed by atoms with Crippen molar-refractivity contribution in [1.82, 2.24) is 4.98 Å². The third-order valence-corrected chi connectivity index (χ3v) is 4.74. The zero-order valence-electron chi connectivity index (χ0n) is 12.0. The molecule has 1 amide bonds. The normalized spacial score (nSPS) is 17.7. The van der Waals surface area contributed by atoms with Gasteiger partial charge < -0.3 is 5.73 Å². The fourth-order valence-electron chi connectivity index (χ4n) is 3.37. The van der Waals surface area contributed by atoms with Crippen LogP contribution in [0.1, 0.15) is 36.4 Å². The highest BCUT2D eigenvalue weighted by Crippen LogP contribution is 2.52. The van der Waals surface area contributed by atoms with E-state index < -0.39 is 5.41 Å². The number of benzene rings is 1. The summed E-state index contributed by atoms with van der Waals surface area (Å²) in [6.07, 6.45) is 5.40. The molecule has 1 aliphatic rings. The minimum atomic E-state index is -0.404. The van der Waals surface area contributed by atoms with Crippen molar-refractivity contribution in [3.05, 3.63) is 66.0 Å². The van der Waals surface area contributed by atoms with Gasteiger partial charge in [0, 0.05) is 17.8 Å². The smallest absolute Gasteiger partial charge is 0.224 e. The number of amides is 1. The van der Waals surface area contributed by atoms with Crippen LogP contribution in [0.5, 0.6) is 0 Å². The first-order valence-electron chi connectivity index (χ1n) is 7.47. The number of nitrogens with zero attached hydrogens (tertiary/aromatic N) is 1. The first kappa shape index (κ1) is 13.8. The number of primary amides is 1. The van der Waals surface area contributed by atoms with Crippen molar-refractivity contribution < 1.29 is 4.79 Å². The van der Waals surface area contributed by atoms with Crippen LogP contribution in [0.25, 0.3) is 0 Å². The van der Waals surface area contributed by atoms with Gasteiger partial charge in [-0.3, -0.25) is 9.78 Å². The lowest BCUT2D eigenvalue weighted by atomic mass is 9.57. The molecule has 2 N–H and O–H groups in total. The summed E-state index contributed by atoms with van der Waals surface area (Å²) in [5.74, 6) is -0.0571. The van der Waals surface area contributed by atoms with Crippen LogP contribution in [-0.2, 0) is 11.2 Å². The van der Waals surface area contributed by atoms with E-state index in [0.29, 0.717) is 0 Å². The van der Waals surface area contributed by atoms with Crippen molar-refractivity contribution in [1.29, 1.82) is 0 Å². The van der Waals surface area contributed by atoms with Gasteiger partial charge in [-0.15, -0.1) is 0 Å². The summed E-state index contributed by atoms with van der Waals surface area (Å²) in [5, 5.41) is 0. The van der Waals surface area contributed by atoms with E-state index in [9.17, 15) is 4.79 Å². The van der Waals surface area contributed by atoms with E-state index in [2.05, 4.69) is 17.1 Å². The summed E-state index contributed by atoms with van der Waals surface area (Å²) < 4.78 is 0. The molecular weight excluding hydrogens is 260 g/mol. The van der Waals surface area contributed by atoms with E-state index in [-0.39, 0.29) is 11.8 Å². The number of hydrogen-bond donors (Lipinski definition) is 1. The molecule has 3 nitrogen and oxygen atoms in total. The molecular formula is C18H20N2O. The quantitative estimate of drug-likeness (QED) is 0.915. The summed E-state index contributed by atoms with van der Waals surface area (Å²) in [6.45, 7) is 0. The standard InChI is InChI=1S/C18H20N2O/c19-17(21)18(10-6-11-18)16(14-7-2-1-3-8-14)13-15-9-4-5-12-20-15/h1-5,7-9,12,16H,6,10-11,13H2,(H2,19,21). The minimum absolute atomic E-state index is 0.111.